The molecule has 0 aromatic heterocycles. The molecule has 1 heterocycles. The normalized spacial score (nSPS) is 17.1. The first-order valence-corrected chi connectivity index (χ1v) is 7.42. The Morgan fingerprint density at radius 3 is 2.57 bits per heavy atom. The van der Waals surface area contributed by atoms with Gasteiger partial charge in [-0.3, -0.25) is 4.79 Å². The van der Waals surface area contributed by atoms with Gasteiger partial charge in [-0.2, -0.15) is 0 Å². The van der Waals surface area contributed by atoms with Crippen molar-refractivity contribution >= 4 is 29.2 Å². The van der Waals surface area contributed by atoms with E-state index in [4.69, 9.17) is 21.1 Å². The van der Waals surface area contributed by atoms with Crippen molar-refractivity contribution in [3.63, 3.8) is 0 Å². The van der Waals surface area contributed by atoms with Crippen LogP contribution in [0.5, 0.6) is 5.75 Å². The molecule has 0 saturated carbocycles. The van der Waals surface area contributed by atoms with Crippen LogP contribution in [0.4, 0.5) is 4.79 Å². The summed E-state index contributed by atoms with van der Waals surface area (Å²) in [6.45, 7) is 3.57. The second-order valence-electron chi connectivity index (χ2n) is 5.50. The van der Waals surface area contributed by atoms with E-state index in [1.165, 1.54) is 12.0 Å². The fraction of sp³-hybridized carbons (Fsp3) is 0.375. The number of aryl methyl sites for hydroxylation is 1. The monoisotopic (exact) mass is 338 g/mol. The predicted molar refractivity (Wildman–Crippen MR) is 87.4 cm³/mol. The minimum atomic E-state index is -0.550. The number of halogens is 1. The summed E-state index contributed by atoms with van der Waals surface area (Å²) in [5.74, 6) is 0.410. The van der Waals surface area contributed by atoms with Crippen molar-refractivity contribution in [1.82, 2.24) is 10.2 Å². The largest absolute Gasteiger partial charge is 0.496 e. The number of rotatable bonds is 3. The molecule has 23 heavy (non-hydrogen) atoms. The third kappa shape index (κ3) is 3.27. The maximum absolute atomic E-state index is 12.4. The van der Waals surface area contributed by atoms with Gasteiger partial charge < -0.3 is 19.7 Å². The second kappa shape index (κ2) is 6.50. The molecule has 0 bridgehead atoms. The van der Waals surface area contributed by atoms with Crippen molar-refractivity contribution in [3.05, 3.63) is 34.0 Å². The zero-order chi connectivity index (χ0) is 17.3. The van der Waals surface area contributed by atoms with Gasteiger partial charge in [-0.25, -0.2) is 4.79 Å². The molecular weight excluding hydrogens is 320 g/mol. The number of nitrogens with one attached hydrogen (secondary N) is 1. The fourth-order valence-electron chi connectivity index (χ4n) is 2.42. The SMILES string of the molecule is COc1cc(Cl)cc(C)c1C1=C(OC(=O)N(C)C)C(C)NC1=O. The van der Waals surface area contributed by atoms with E-state index in [9.17, 15) is 9.59 Å². The Balaban J connectivity index is 2.63. The zero-order valence-electron chi connectivity index (χ0n) is 13.7. The lowest BCUT2D eigenvalue weighted by Crippen LogP contribution is -2.29. The highest BCUT2D eigenvalue weighted by atomic mass is 35.5. The van der Waals surface area contributed by atoms with E-state index in [-0.39, 0.29) is 11.7 Å². The van der Waals surface area contributed by atoms with Crippen molar-refractivity contribution in [3.8, 4) is 5.75 Å². The van der Waals surface area contributed by atoms with Crippen molar-refractivity contribution < 1.29 is 19.1 Å². The maximum atomic E-state index is 12.4. The van der Waals surface area contributed by atoms with Crippen LogP contribution in [-0.2, 0) is 9.53 Å². The number of carbonyl (C=O) groups is 2. The molecule has 2 amide bonds. The van der Waals surface area contributed by atoms with E-state index < -0.39 is 12.1 Å². The number of amides is 2. The number of methoxy groups -OCH3 is 1. The molecule has 0 radical (unpaired) electrons. The quantitative estimate of drug-likeness (QED) is 0.919. The Bertz CT molecular complexity index is 698. The molecule has 1 N–H and O–H groups in total. The molecular formula is C16H19ClN2O4. The molecule has 2 rings (SSSR count). The fourth-order valence-corrected chi connectivity index (χ4v) is 2.68. The standard InChI is InChI=1S/C16H19ClN2O4/c1-8-6-10(17)7-11(22-5)12(8)13-14(9(2)18-15(13)20)23-16(21)19(3)4/h6-7,9H,1-5H3,(H,18,20). The van der Waals surface area contributed by atoms with Crippen LogP contribution in [0.1, 0.15) is 18.1 Å². The van der Waals surface area contributed by atoms with E-state index in [1.54, 1.807) is 33.2 Å². The average Bonchev–Trinajstić information content (AvgIpc) is 2.72. The molecule has 1 aromatic carbocycles. The Morgan fingerprint density at radius 2 is 2.00 bits per heavy atom. The average molecular weight is 339 g/mol. The smallest absolute Gasteiger partial charge is 0.414 e. The highest BCUT2D eigenvalue weighted by Gasteiger charge is 2.35. The van der Waals surface area contributed by atoms with E-state index in [2.05, 4.69) is 5.32 Å². The Kier molecular flexibility index (Phi) is 4.85. The van der Waals surface area contributed by atoms with Crippen LogP contribution in [0.2, 0.25) is 5.02 Å². The van der Waals surface area contributed by atoms with Gasteiger partial charge in [0.1, 0.15) is 11.5 Å². The van der Waals surface area contributed by atoms with E-state index in [0.717, 1.165) is 5.56 Å². The van der Waals surface area contributed by atoms with E-state index >= 15 is 0 Å². The third-order valence-corrected chi connectivity index (χ3v) is 3.73. The Morgan fingerprint density at radius 1 is 1.35 bits per heavy atom. The molecule has 0 fully saturated rings. The van der Waals surface area contributed by atoms with Gasteiger partial charge in [-0.15, -0.1) is 0 Å². The summed E-state index contributed by atoms with van der Waals surface area (Å²) in [4.78, 5) is 25.6. The summed E-state index contributed by atoms with van der Waals surface area (Å²) < 4.78 is 10.8. The Hall–Kier alpha value is -2.21. The van der Waals surface area contributed by atoms with Gasteiger partial charge in [0.05, 0.1) is 18.7 Å². The second-order valence-corrected chi connectivity index (χ2v) is 5.93. The highest BCUT2D eigenvalue weighted by Crippen LogP contribution is 2.37. The van der Waals surface area contributed by atoms with Crippen molar-refractivity contribution in [2.75, 3.05) is 21.2 Å². The number of hydrogen-bond acceptors (Lipinski definition) is 4. The summed E-state index contributed by atoms with van der Waals surface area (Å²) in [5, 5.41) is 3.26. The van der Waals surface area contributed by atoms with Gasteiger partial charge in [-0.1, -0.05) is 11.6 Å². The van der Waals surface area contributed by atoms with Crippen LogP contribution < -0.4 is 10.1 Å². The Labute approximate surface area is 140 Å². The number of hydrogen-bond donors (Lipinski definition) is 1. The van der Waals surface area contributed by atoms with E-state index in [0.29, 0.717) is 21.9 Å². The maximum Gasteiger partial charge on any atom is 0.414 e. The van der Waals surface area contributed by atoms with Gasteiger partial charge in [0.15, 0.2) is 0 Å². The van der Waals surface area contributed by atoms with Crippen molar-refractivity contribution in [2.24, 2.45) is 0 Å². The van der Waals surface area contributed by atoms with Crippen molar-refractivity contribution in [2.45, 2.75) is 19.9 Å². The highest BCUT2D eigenvalue weighted by molar-refractivity contribution is 6.31. The summed E-state index contributed by atoms with van der Waals surface area (Å²) in [7, 11) is 4.65. The first-order chi connectivity index (χ1) is 10.8. The molecule has 0 saturated heterocycles. The first-order valence-electron chi connectivity index (χ1n) is 7.05. The van der Waals surface area contributed by atoms with Crippen LogP contribution in [0, 0.1) is 6.92 Å². The predicted octanol–water partition coefficient (Wildman–Crippen LogP) is 2.58. The molecule has 7 heteroatoms. The number of benzene rings is 1. The molecule has 1 aromatic rings. The lowest BCUT2D eigenvalue weighted by molar-refractivity contribution is -0.115. The summed E-state index contributed by atoms with van der Waals surface area (Å²) >= 11 is 6.05. The minimum Gasteiger partial charge on any atom is -0.496 e. The molecule has 0 spiro atoms. The van der Waals surface area contributed by atoms with Crippen LogP contribution >= 0.6 is 11.6 Å². The minimum absolute atomic E-state index is 0.275. The van der Waals surface area contributed by atoms with E-state index in [1.807, 2.05) is 6.92 Å². The van der Waals surface area contributed by atoms with Gasteiger partial charge in [0.25, 0.3) is 5.91 Å². The van der Waals surface area contributed by atoms with Crippen LogP contribution in [0.25, 0.3) is 5.57 Å². The third-order valence-electron chi connectivity index (χ3n) is 3.51. The summed E-state index contributed by atoms with van der Waals surface area (Å²) in [5.41, 5.74) is 1.62. The van der Waals surface area contributed by atoms with Gasteiger partial charge in [-0.05, 0) is 31.5 Å². The number of carbonyl (C=O) groups excluding carboxylic acids is 2. The summed E-state index contributed by atoms with van der Waals surface area (Å²) in [6, 6.07) is 2.94. The van der Waals surface area contributed by atoms with Gasteiger partial charge >= 0.3 is 6.09 Å². The first kappa shape index (κ1) is 17.1. The molecule has 0 aliphatic carbocycles. The molecule has 1 aliphatic heterocycles. The topological polar surface area (TPSA) is 67.9 Å². The van der Waals surface area contributed by atoms with Crippen LogP contribution in [-0.4, -0.2) is 44.1 Å². The lowest BCUT2D eigenvalue weighted by atomic mass is 9.98. The molecule has 1 atom stereocenters. The molecule has 124 valence electrons. The molecule has 1 aliphatic rings. The van der Waals surface area contributed by atoms with Gasteiger partial charge in [0, 0.05) is 24.7 Å². The molecule has 1 unspecified atom stereocenters. The lowest BCUT2D eigenvalue weighted by Gasteiger charge is -2.16. The van der Waals surface area contributed by atoms with Crippen molar-refractivity contribution in [1.29, 1.82) is 0 Å². The summed E-state index contributed by atoms with van der Waals surface area (Å²) in [6.07, 6.45) is -0.550. The number of nitrogens with zero attached hydrogens (tertiary/aromatic N) is 1. The molecule has 6 nitrogen and oxygen atoms in total. The zero-order valence-corrected chi connectivity index (χ0v) is 14.4. The van der Waals surface area contributed by atoms with Crippen LogP contribution in [0.15, 0.2) is 17.9 Å². The number of ether oxygens (including phenoxy) is 2. The van der Waals surface area contributed by atoms with Gasteiger partial charge in [0.2, 0.25) is 0 Å². The van der Waals surface area contributed by atoms with Crippen LogP contribution in [0.3, 0.4) is 0 Å².